The van der Waals surface area contributed by atoms with Gasteiger partial charge in [0, 0.05) is 12.0 Å². The number of carbonyl (C=O) groups excluding carboxylic acids is 1. The molecule has 3 rings (SSSR count). The Balaban J connectivity index is 1.74. The van der Waals surface area contributed by atoms with Crippen molar-refractivity contribution in [3.05, 3.63) is 64.7 Å². The van der Waals surface area contributed by atoms with Gasteiger partial charge in [-0.15, -0.1) is 0 Å². The highest BCUT2D eigenvalue weighted by Crippen LogP contribution is 2.26. The highest BCUT2D eigenvalue weighted by molar-refractivity contribution is 5.82. The zero-order valence-corrected chi connectivity index (χ0v) is 17.7. The summed E-state index contributed by atoms with van der Waals surface area (Å²) in [6, 6.07) is 14.8. The van der Waals surface area contributed by atoms with Crippen LogP contribution in [0, 0.1) is 13.8 Å². The number of hydrogen-bond donors (Lipinski definition) is 0. The van der Waals surface area contributed by atoms with Gasteiger partial charge in [-0.3, -0.25) is 4.79 Å². The molecule has 0 amide bonds. The summed E-state index contributed by atoms with van der Waals surface area (Å²) < 4.78 is 6.56. The Morgan fingerprint density at radius 2 is 1.64 bits per heavy atom. The Morgan fingerprint density at radius 1 is 1.00 bits per heavy atom. The molecule has 1 aliphatic heterocycles. The molecule has 2 aromatic carbocycles. The third kappa shape index (κ3) is 5.23. The summed E-state index contributed by atoms with van der Waals surface area (Å²) in [5.74, 6) is 1.26. The van der Waals surface area contributed by atoms with E-state index in [-0.39, 0.29) is 0 Å². The molecule has 0 saturated carbocycles. The van der Waals surface area contributed by atoms with Crippen molar-refractivity contribution in [1.82, 2.24) is 0 Å². The molecule has 1 saturated heterocycles. The molecule has 1 fully saturated rings. The van der Waals surface area contributed by atoms with Crippen molar-refractivity contribution in [3.8, 4) is 5.75 Å². The highest BCUT2D eigenvalue weighted by atomic mass is 16.5. The number of likely N-dealkylation sites (tertiary alicyclic amines) is 1. The first-order valence-electron chi connectivity index (χ1n) is 10.6. The molecule has 0 atom stereocenters. The minimum Gasteiger partial charge on any atom is -0.494 e. The van der Waals surface area contributed by atoms with Gasteiger partial charge in [-0.05, 0) is 68.9 Å². The SMILES string of the molecule is CCOc1cc(C)c(CC(=O)C[N+]2(Cc3ccccc3)CCCCC2)c(C)c1. The van der Waals surface area contributed by atoms with Crippen molar-refractivity contribution in [3.63, 3.8) is 0 Å². The first kappa shape index (κ1) is 20.6. The van der Waals surface area contributed by atoms with Gasteiger partial charge >= 0.3 is 0 Å². The van der Waals surface area contributed by atoms with E-state index in [0.717, 1.165) is 41.0 Å². The van der Waals surface area contributed by atoms with Crippen LogP contribution in [0.25, 0.3) is 0 Å². The van der Waals surface area contributed by atoms with E-state index >= 15 is 0 Å². The summed E-state index contributed by atoms with van der Waals surface area (Å²) in [6.45, 7) is 10.7. The van der Waals surface area contributed by atoms with Crippen LogP contribution in [0.2, 0.25) is 0 Å². The lowest BCUT2D eigenvalue weighted by molar-refractivity contribution is -0.937. The standard InChI is InChI=1S/C25H34NO2/c1-4-28-24-15-20(2)25(21(3)16-24)17-23(27)19-26(13-9-6-10-14-26)18-22-11-7-5-8-12-22/h5,7-8,11-12,15-16H,4,6,9-10,13-14,17-19H2,1-3H3/q+1. The third-order valence-electron chi connectivity index (χ3n) is 5.99. The Hall–Kier alpha value is -2.13. The zero-order chi connectivity index (χ0) is 20.0. The van der Waals surface area contributed by atoms with Gasteiger partial charge in [-0.2, -0.15) is 0 Å². The fourth-order valence-electron chi connectivity index (χ4n) is 4.64. The quantitative estimate of drug-likeness (QED) is 0.602. The number of carbonyl (C=O) groups is 1. The lowest BCUT2D eigenvalue weighted by atomic mass is 9.96. The Labute approximate surface area is 169 Å². The van der Waals surface area contributed by atoms with Gasteiger partial charge in [-0.1, -0.05) is 30.3 Å². The second kappa shape index (κ2) is 9.38. The topological polar surface area (TPSA) is 26.3 Å². The van der Waals surface area contributed by atoms with Crippen molar-refractivity contribution in [2.45, 2.75) is 53.0 Å². The molecule has 150 valence electrons. The molecule has 2 aromatic rings. The van der Waals surface area contributed by atoms with Crippen LogP contribution >= 0.6 is 0 Å². The maximum Gasteiger partial charge on any atom is 0.191 e. The van der Waals surface area contributed by atoms with E-state index in [1.165, 1.54) is 30.4 Å². The van der Waals surface area contributed by atoms with Crippen molar-refractivity contribution in [2.75, 3.05) is 26.2 Å². The number of rotatable bonds is 8. The predicted octanol–water partition coefficient (Wildman–Crippen LogP) is 5.01. The molecule has 0 N–H and O–H groups in total. The summed E-state index contributed by atoms with van der Waals surface area (Å²) in [6.07, 6.45) is 4.27. The molecule has 3 nitrogen and oxygen atoms in total. The fraction of sp³-hybridized carbons (Fsp3) is 0.480. The van der Waals surface area contributed by atoms with E-state index in [1.807, 2.05) is 6.92 Å². The van der Waals surface area contributed by atoms with Crippen molar-refractivity contribution >= 4 is 5.78 Å². The lowest BCUT2D eigenvalue weighted by Gasteiger charge is -2.41. The average Bonchev–Trinajstić information content (AvgIpc) is 2.66. The van der Waals surface area contributed by atoms with Gasteiger partial charge in [-0.25, -0.2) is 0 Å². The van der Waals surface area contributed by atoms with Crippen molar-refractivity contribution < 1.29 is 14.0 Å². The van der Waals surface area contributed by atoms with E-state index in [0.29, 0.717) is 25.4 Å². The minimum absolute atomic E-state index is 0.355. The number of nitrogens with zero attached hydrogens (tertiary/aromatic N) is 1. The molecule has 1 aliphatic rings. The van der Waals surface area contributed by atoms with Crippen LogP contribution < -0.4 is 4.74 Å². The van der Waals surface area contributed by atoms with E-state index in [4.69, 9.17) is 4.74 Å². The molecule has 0 radical (unpaired) electrons. The van der Waals surface area contributed by atoms with E-state index in [1.54, 1.807) is 0 Å². The molecular weight excluding hydrogens is 346 g/mol. The second-order valence-electron chi connectivity index (χ2n) is 8.34. The Kier molecular flexibility index (Phi) is 6.90. The van der Waals surface area contributed by atoms with Gasteiger partial charge in [0.15, 0.2) is 5.78 Å². The van der Waals surface area contributed by atoms with E-state index in [2.05, 4.69) is 56.3 Å². The maximum absolute atomic E-state index is 13.1. The van der Waals surface area contributed by atoms with Crippen molar-refractivity contribution in [2.24, 2.45) is 0 Å². The smallest absolute Gasteiger partial charge is 0.191 e. The molecule has 0 aliphatic carbocycles. The first-order valence-corrected chi connectivity index (χ1v) is 10.6. The number of Topliss-reactive ketones (excluding diaryl/α,β-unsaturated/α-hetero) is 1. The van der Waals surface area contributed by atoms with Crippen LogP contribution in [-0.4, -0.2) is 36.5 Å². The van der Waals surface area contributed by atoms with Gasteiger partial charge in [0.05, 0.1) is 19.7 Å². The summed E-state index contributed by atoms with van der Waals surface area (Å²) in [5, 5.41) is 0. The molecule has 3 heteroatoms. The normalized spacial score (nSPS) is 16.0. The summed E-state index contributed by atoms with van der Waals surface area (Å²) in [4.78, 5) is 13.1. The van der Waals surface area contributed by atoms with Crippen LogP contribution in [0.4, 0.5) is 0 Å². The molecule has 1 heterocycles. The van der Waals surface area contributed by atoms with E-state index < -0.39 is 0 Å². The summed E-state index contributed by atoms with van der Waals surface area (Å²) in [7, 11) is 0. The molecule has 0 aromatic heterocycles. The second-order valence-corrected chi connectivity index (χ2v) is 8.34. The zero-order valence-electron chi connectivity index (χ0n) is 17.7. The monoisotopic (exact) mass is 380 g/mol. The third-order valence-corrected chi connectivity index (χ3v) is 5.99. The average molecular weight is 381 g/mol. The Bertz CT molecular complexity index is 768. The number of ketones is 1. The van der Waals surface area contributed by atoms with Gasteiger partial charge < -0.3 is 9.22 Å². The van der Waals surface area contributed by atoms with Crippen molar-refractivity contribution in [1.29, 1.82) is 0 Å². The number of quaternary nitrogens is 1. The fourth-order valence-corrected chi connectivity index (χ4v) is 4.64. The molecule has 0 unspecified atom stereocenters. The number of piperidine rings is 1. The van der Waals surface area contributed by atoms with Gasteiger partial charge in [0.25, 0.3) is 0 Å². The molecule has 0 bridgehead atoms. The summed E-state index contributed by atoms with van der Waals surface area (Å²) >= 11 is 0. The Morgan fingerprint density at radius 3 is 2.25 bits per heavy atom. The number of ether oxygens (including phenoxy) is 1. The molecular formula is C25H34NO2+. The van der Waals surface area contributed by atoms with Crippen LogP contribution in [0.15, 0.2) is 42.5 Å². The van der Waals surface area contributed by atoms with Crippen LogP contribution in [0.1, 0.15) is 48.4 Å². The van der Waals surface area contributed by atoms with E-state index in [9.17, 15) is 4.79 Å². The van der Waals surface area contributed by atoms with Crippen LogP contribution in [0.3, 0.4) is 0 Å². The molecule has 28 heavy (non-hydrogen) atoms. The van der Waals surface area contributed by atoms with Gasteiger partial charge in [0.1, 0.15) is 18.8 Å². The number of hydrogen-bond acceptors (Lipinski definition) is 2. The van der Waals surface area contributed by atoms with Gasteiger partial charge in [0.2, 0.25) is 0 Å². The molecule has 0 spiro atoms. The first-order chi connectivity index (χ1) is 13.5. The largest absolute Gasteiger partial charge is 0.494 e. The van der Waals surface area contributed by atoms with Crippen LogP contribution in [0.5, 0.6) is 5.75 Å². The minimum atomic E-state index is 0.355. The lowest BCUT2D eigenvalue weighted by Crippen LogP contribution is -2.53. The summed E-state index contributed by atoms with van der Waals surface area (Å²) in [5.41, 5.74) is 4.82. The predicted molar refractivity (Wildman–Crippen MR) is 115 cm³/mol. The maximum atomic E-state index is 13.1. The number of aryl methyl sites for hydroxylation is 2. The van der Waals surface area contributed by atoms with Crippen LogP contribution in [-0.2, 0) is 17.8 Å². The highest BCUT2D eigenvalue weighted by Gasteiger charge is 2.32. The number of benzene rings is 2.